The van der Waals surface area contributed by atoms with Crippen molar-refractivity contribution in [1.82, 2.24) is 9.80 Å². The fraction of sp³-hybridized carbons (Fsp3) is 0.562. The molecular weight excluding hydrogens is 266 g/mol. The summed E-state index contributed by atoms with van der Waals surface area (Å²) in [5, 5.41) is 0. The minimum Gasteiger partial charge on any atom is -0.393 e. The third kappa shape index (κ3) is 3.03. The van der Waals surface area contributed by atoms with E-state index in [-0.39, 0.29) is 0 Å². The van der Waals surface area contributed by atoms with Crippen LogP contribution < -0.4 is 5.73 Å². The van der Waals surface area contributed by atoms with Gasteiger partial charge in [0.15, 0.2) is 0 Å². The smallest absolute Gasteiger partial charge is 0.0746 e. The summed E-state index contributed by atoms with van der Waals surface area (Å²) in [6.07, 6.45) is 3.47. The number of hydrogen-bond acceptors (Lipinski definition) is 3. The normalized spacial score (nSPS) is 25.3. The molecule has 2 saturated heterocycles. The Kier molecular flexibility index (Phi) is 4.34. The number of thiocarbonyl (C=S) groups is 1. The Balaban J connectivity index is 1.77. The Morgan fingerprint density at radius 1 is 1.25 bits per heavy atom. The monoisotopic (exact) mass is 289 g/mol. The molecule has 2 unspecified atom stereocenters. The lowest BCUT2D eigenvalue weighted by Gasteiger charge is -2.41. The van der Waals surface area contributed by atoms with Crippen LogP contribution in [0, 0.1) is 0 Å². The molecule has 2 N–H and O–H groups in total. The van der Waals surface area contributed by atoms with Crippen LogP contribution in [-0.4, -0.2) is 47.0 Å². The fourth-order valence-corrected chi connectivity index (χ4v) is 3.78. The molecule has 20 heavy (non-hydrogen) atoms. The number of nitrogens with two attached hydrogens (primary N) is 1. The van der Waals surface area contributed by atoms with Crippen molar-refractivity contribution in [1.29, 1.82) is 0 Å². The molecular formula is C16H23N3S. The maximum absolute atomic E-state index is 5.84. The van der Waals surface area contributed by atoms with Gasteiger partial charge in [0, 0.05) is 38.1 Å². The molecule has 2 atom stereocenters. The van der Waals surface area contributed by atoms with E-state index in [0.717, 1.165) is 25.6 Å². The van der Waals surface area contributed by atoms with Crippen molar-refractivity contribution in [3.05, 3.63) is 35.9 Å². The van der Waals surface area contributed by atoms with Gasteiger partial charge in [-0.2, -0.15) is 0 Å². The van der Waals surface area contributed by atoms with E-state index in [9.17, 15) is 0 Å². The van der Waals surface area contributed by atoms with Crippen molar-refractivity contribution in [3.63, 3.8) is 0 Å². The molecule has 0 aromatic heterocycles. The van der Waals surface area contributed by atoms with Crippen LogP contribution >= 0.6 is 12.2 Å². The first kappa shape index (κ1) is 14.0. The highest BCUT2D eigenvalue weighted by Crippen LogP contribution is 2.30. The molecule has 1 aromatic carbocycles. The van der Waals surface area contributed by atoms with E-state index in [1.807, 2.05) is 0 Å². The summed E-state index contributed by atoms with van der Waals surface area (Å²) in [4.78, 5) is 5.84. The Hall–Kier alpha value is -0.970. The molecule has 0 bridgehead atoms. The predicted octanol–water partition coefficient (Wildman–Crippen LogP) is 2.18. The van der Waals surface area contributed by atoms with Gasteiger partial charge >= 0.3 is 0 Å². The van der Waals surface area contributed by atoms with E-state index in [1.54, 1.807) is 0 Å². The Morgan fingerprint density at radius 3 is 2.80 bits per heavy atom. The zero-order valence-corrected chi connectivity index (χ0v) is 12.7. The van der Waals surface area contributed by atoms with E-state index in [4.69, 9.17) is 18.0 Å². The van der Waals surface area contributed by atoms with Crippen molar-refractivity contribution in [2.24, 2.45) is 5.73 Å². The summed E-state index contributed by atoms with van der Waals surface area (Å²) in [6.45, 7) is 4.75. The SMILES string of the molecule is NC(=S)CC(c1ccccc1)N1CCN2CCCC2C1. The molecule has 0 spiro atoms. The van der Waals surface area contributed by atoms with Gasteiger partial charge in [0.1, 0.15) is 0 Å². The second kappa shape index (κ2) is 6.20. The largest absolute Gasteiger partial charge is 0.393 e. The molecule has 2 aliphatic heterocycles. The average molecular weight is 289 g/mol. The molecule has 1 aromatic rings. The predicted molar refractivity (Wildman–Crippen MR) is 86.8 cm³/mol. The molecule has 0 aliphatic carbocycles. The van der Waals surface area contributed by atoms with Crippen LogP contribution in [0.5, 0.6) is 0 Å². The van der Waals surface area contributed by atoms with Gasteiger partial charge in [0.25, 0.3) is 0 Å². The Labute approximate surface area is 126 Å². The number of fused-ring (bicyclic) bond motifs is 1. The Morgan fingerprint density at radius 2 is 2.05 bits per heavy atom. The first-order chi connectivity index (χ1) is 9.74. The number of nitrogens with zero attached hydrogens (tertiary/aromatic N) is 2. The maximum Gasteiger partial charge on any atom is 0.0746 e. The van der Waals surface area contributed by atoms with Gasteiger partial charge < -0.3 is 5.73 Å². The Bertz CT molecular complexity index is 462. The van der Waals surface area contributed by atoms with Crippen LogP contribution in [0.15, 0.2) is 30.3 Å². The average Bonchev–Trinajstić information content (AvgIpc) is 2.93. The highest BCUT2D eigenvalue weighted by atomic mass is 32.1. The quantitative estimate of drug-likeness (QED) is 0.861. The van der Waals surface area contributed by atoms with Crippen LogP contribution in [-0.2, 0) is 0 Å². The topological polar surface area (TPSA) is 32.5 Å². The van der Waals surface area contributed by atoms with Gasteiger partial charge in [0.2, 0.25) is 0 Å². The van der Waals surface area contributed by atoms with Crippen molar-refractivity contribution in [2.45, 2.75) is 31.3 Å². The zero-order valence-electron chi connectivity index (χ0n) is 11.9. The third-order valence-corrected chi connectivity index (χ3v) is 4.81. The lowest BCUT2D eigenvalue weighted by atomic mass is 9.99. The van der Waals surface area contributed by atoms with Gasteiger partial charge in [0.05, 0.1) is 4.99 Å². The number of hydrogen-bond donors (Lipinski definition) is 1. The van der Waals surface area contributed by atoms with Crippen molar-refractivity contribution >= 4 is 17.2 Å². The van der Waals surface area contributed by atoms with Crippen LogP contribution in [0.3, 0.4) is 0 Å². The van der Waals surface area contributed by atoms with E-state index in [0.29, 0.717) is 11.0 Å². The summed E-state index contributed by atoms with van der Waals surface area (Å²) in [7, 11) is 0. The van der Waals surface area contributed by atoms with Crippen LogP contribution in [0.25, 0.3) is 0 Å². The summed E-state index contributed by atoms with van der Waals surface area (Å²) < 4.78 is 0. The molecule has 3 rings (SSSR count). The second-order valence-electron chi connectivity index (χ2n) is 5.92. The van der Waals surface area contributed by atoms with Gasteiger partial charge in [-0.15, -0.1) is 0 Å². The number of piperazine rings is 1. The van der Waals surface area contributed by atoms with E-state index < -0.39 is 0 Å². The van der Waals surface area contributed by atoms with Crippen molar-refractivity contribution < 1.29 is 0 Å². The molecule has 2 aliphatic rings. The second-order valence-corrected chi connectivity index (χ2v) is 6.45. The fourth-order valence-electron chi connectivity index (χ4n) is 3.62. The first-order valence-electron chi connectivity index (χ1n) is 7.55. The summed E-state index contributed by atoms with van der Waals surface area (Å²) in [6, 6.07) is 11.8. The lowest BCUT2D eigenvalue weighted by molar-refractivity contribution is 0.0733. The molecule has 0 radical (unpaired) electrons. The number of rotatable bonds is 4. The zero-order chi connectivity index (χ0) is 13.9. The summed E-state index contributed by atoms with van der Waals surface area (Å²) >= 11 is 5.18. The molecule has 2 fully saturated rings. The molecule has 0 amide bonds. The third-order valence-electron chi connectivity index (χ3n) is 4.64. The van der Waals surface area contributed by atoms with Crippen molar-refractivity contribution in [3.8, 4) is 0 Å². The summed E-state index contributed by atoms with van der Waals surface area (Å²) in [5.41, 5.74) is 7.18. The van der Waals surface area contributed by atoms with E-state index >= 15 is 0 Å². The van der Waals surface area contributed by atoms with E-state index in [1.165, 1.54) is 31.5 Å². The van der Waals surface area contributed by atoms with Crippen molar-refractivity contribution in [2.75, 3.05) is 26.2 Å². The molecule has 0 saturated carbocycles. The first-order valence-corrected chi connectivity index (χ1v) is 7.96. The molecule has 2 heterocycles. The van der Waals surface area contributed by atoms with Crippen LogP contribution in [0.2, 0.25) is 0 Å². The molecule has 3 nitrogen and oxygen atoms in total. The highest BCUT2D eigenvalue weighted by Gasteiger charge is 2.33. The van der Waals surface area contributed by atoms with Crippen LogP contribution in [0.1, 0.15) is 30.9 Å². The minimum absolute atomic E-state index is 0.344. The van der Waals surface area contributed by atoms with Gasteiger partial charge in [-0.3, -0.25) is 9.80 Å². The van der Waals surface area contributed by atoms with Crippen LogP contribution in [0.4, 0.5) is 0 Å². The van der Waals surface area contributed by atoms with Gasteiger partial charge in [-0.1, -0.05) is 42.5 Å². The number of benzene rings is 1. The highest BCUT2D eigenvalue weighted by molar-refractivity contribution is 7.80. The molecule has 108 valence electrons. The molecule has 4 heteroatoms. The van der Waals surface area contributed by atoms with Gasteiger partial charge in [-0.05, 0) is 24.9 Å². The lowest BCUT2D eigenvalue weighted by Crippen LogP contribution is -2.51. The summed E-state index contributed by atoms with van der Waals surface area (Å²) in [5.74, 6) is 0. The maximum atomic E-state index is 5.84. The standard InChI is InChI=1S/C16H23N3S/c17-16(20)11-15(13-5-2-1-3-6-13)19-10-9-18-8-4-7-14(18)12-19/h1-3,5-6,14-15H,4,7-12H2,(H2,17,20). The minimum atomic E-state index is 0.344. The van der Waals surface area contributed by atoms with Gasteiger partial charge in [-0.25, -0.2) is 0 Å². The van der Waals surface area contributed by atoms with E-state index in [2.05, 4.69) is 40.1 Å².